The molecule has 23 heavy (non-hydrogen) atoms. The molecular formula is C14H12N2O7. The van der Waals surface area contributed by atoms with E-state index in [9.17, 15) is 19.7 Å². The van der Waals surface area contributed by atoms with Gasteiger partial charge >= 0.3 is 11.9 Å². The molecule has 1 N–H and O–H groups in total. The summed E-state index contributed by atoms with van der Waals surface area (Å²) in [4.78, 5) is 32.9. The van der Waals surface area contributed by atoms with Gasteiger partial charge in [-0.05, 0) is 30.3 Å². The van der Waals surface area contributed by atoms with Crippen LogP contribution in [0.3, 0.4) is 0 Å². The van der Waals surface area contributed by atoms with Crippen LogP contribution in [-0.4, -0.2) is 30.5 Å². The van der Waals surface area contributed by atoms with Gasteiger partial charge in [0.25, 0.3) is 5.91 Å². The Morgan fingerprint density at radius 3 is 2.48 bits per heavy atom. The summed E-state index contributed by atoms with van der Waals surface area (Å²) in [5.41, 5.74) is 0.500. The summed E-state index contributed by atoms with van der Waals surface area (Å²) in [5.74, 6) is -1.84. The van der Waals surface area contributed by atoms with Crippen LogP contribution in [0.25, 0.3) is 0 Å². The molecule has 0 aliphatic rings. The Kier molecular flexibility index (Phi) is 4.92. The molecule has 0 unspecified atom stereocenters. The lowest BCUT2D eigenvalue weighted by molar-refractivity contribution is -0.402. The first-order valence-electron chi connectivity index (χ1n) is 6.35. The smallest absolute Gasteiger partial charge is 0.433 e. The highest BCUT2D eigenvalue weighted by Gasteiger charge is 2.19. The highest BCUT2D eigenvalue weighted by Crippen LogP contribution is 2.17. The molecule has 0 saturated carbocycles. The van der Waals surface area contributed by atoms with E-state index >= 15 is 0 Å². The largest absolute Gasteiger partial charge is 0.497 e. The van der Waals surface area contributed by atoms with Crippen LogP contribution >= 0.6 is 0 Å². The Morgan fingerprint density at radius 2 is 1.91 bits per heavy atom. The molecular weight excluding hydrogens is 308 g/mol. The number of carbonyl (C=O) groups is 2. The molecule has 0 saturated heterocycles. The summed E-state index contributed by atoms with van der Waals surface area (Å²) in [5, 5.41) is 13.0. The van der Waals surface area contributed by atoms with Crippen molar-refractivity contribution >= 4 is 23.4 Å². The van der Waals surface area contributed by atoms with Gasteiger partial charge in [-0.2, -0.15) is 0 Å². The van der Waals surface area contributed by atoms with Gasteiger partial charge < -0.3 is 19.2 Å². The van der Waals surface area contributed by atoms with E-state index < -0.39 is 29.3 Å². The summed E-state index contributed by atoms with van der Waals surface area (Å²) in [6.07, 6.45) is 0. The van der Waals surface area contributed by atoms with Crippen molar-refractivity contribution in [2.24, 2.45) is 0 Å². The van der Waals surface area contributed by atoms with Gasteiger partial charge in [0.05, 0.1) is 13.2 Å². The van der Waals surface area contributed by atoms with Crippen LogP contribution in [0.1, 0.15) is 10.6 Å². The molecule has 0 radical (unpaired) electrons. The Hall–Kier alpha value is -3.36. The zero-order chi connectivity index (χ0) is 16.8. The minimum atomic E-state index is -0.969. The maximum Gasteiger partial charge on any atom is 0.433 e. The lowest BCUT2D eigenvalue weighted by atomic mass is 10.3. The van der Waals surface area contributed by atoms with Crippen molar-refractivity contribution in [1.82, 2.24) is 0 Å². The van der Waals surface area contributed by atoms with E-state index in [0.29, 0.717) is 11.4 Å². The van der Waals surface area contributed by atoms with Crippen molar-refractivity contribution in [3.63, 3.8) is 0 Å². The van der Waals surface area contributed by atoms with Crippen LogP contribution in [0, 0.1) is 10.1 Å². The predicted octanol–water partition coefficient (Wildman–Crippen LogP) is 1.99. The van der Waals surface area contributed by atoms with Gasteiger partial charge in [-0.3, -0.25) is 14.9 Å². The second kappa shape index (κ2) is 7.07. The van der Waals surface area contributed by atoms with E-state index in [2.05, 4.69) is 9.73 Å². The van der Waals surface area contributed by atoms with E-state index in [-0.39, 0.29) is 5.76 Å². The number of benzene rings is 1. The molecule has 1 amide bonds. The Labute approximate surface area is 129 Å². The molecule has 0 bridgehead atoms. The number of anilines is 1. The number of esters is 1. The predicted molar refractivity (Wildman–Crippen MR) is 77.3 cm³/mol. The molecule has 120 valence electrons. The van der Waals surface area contributed by atoms with Crippen molar-refractivity contribution in [3.8, 4) is 5.75 Å². The first kappa shape index (κ1) is 16.0. The summed E-state index contributed by atoms with van der Waals surface area (Å²) in [7, 11) is 1.52. The third-order valence-electron chi connectivity index (χ3n) is 2.68. The lowest BCUT2D eigenvalue weighted by Gasteiger charge is -2.06. The molecule has 1 aromatic carbocycles. The molecule has 1 aromatic heterocycles. The molecule has 0 aliphatic heterocycles. The summed E-state index contributed by atoms with van der Waals surface area (Å²) in [6, 6.07) is 8.67. The zero-order valence-corrected chi connectivity index (χ0v) is 12.0. The van der Waals surface area contributed by atoms with Crippen LogP contribution < -0.4 is 10.1 Å². The maximum atomic E-state index is 11.7. The monoisotopic (exact) mass is 320 g/mol. The van der Waals surface area contributed by atoms with Gasteiger partial charge in [0.15, 0.2) is 6.61 Å². The molecule has 9 nitrogen and oxygen atoms in total. The van der Waals surface area contributed by atoms with Gasteiger partial charge in [0.1, 0.15) is 10.7 Å². The van der Waals surface area contributed by atoms with Crippen LogP contribution in [0.4, 0.5) is 11.6 Å². The van der Waals surface area contributed by atoms with Crippen molar-refractivity contribution in [3.05, 3.63) is 52.3 Å². The number of amides is 1. The number of nitrogens with one attached hydrogen (secondary N) is 1. The van der Waals surface area contributed by atoms with Crippen LogP contribution in [0.2, 0.25) is 0 Å². The first-order chi connectivity index (χ1) is 11.0. The molecule has 2 aromatic rings. The van der Waals surface area contributed by atoms with Crippen molar-refractivity contribution in [2.45, 2.75) is 0 Å². The number of carbonyl (C=O) groups excluding carboxylic acids is 2. The fraction of sp³-hybridized carbons (Fsp3) is 0.143. The van der Waals surface area contributed by atoms with Crippen molar-refractivity contribution in [1.29, 1.82) is 0 Å². The molecule has 0 atom stereocenters. The third-order valence-corrected chi connectivity index (χ3v) is 2.68. The fourth-order valence-electron chi connectivity index (χ4n) is 1.61. The topological polar surface area (TPSA) is 121 Å². The molecule has 2 rings (SSSR count). The van der Waals surface area contributed by atoms with E-state index in [0.717, 1.165) is 12.1 Å². The maximum absolute atomic E-state index is 11.7. The van der Waals surface area contributed by atoms with Crippen LogP contribution in [-0.2, 0) is 9.53 Å². The van der Waals surface area contributed by atoms with Crippen molar-refractivity contribution in [2.75, 3.05) is 19.0 Å². The summed E-state index contributed by atoms with van der Waals surface area (Å²) in [6.45, 7) is -0.556. The first-order valence-corrected chi connectivity index (χ1v) is 6.35. The number of furan rings is 1. The van der Waals surface area contributed by atoms with Gasteiger partial charge in [0, 0.05) is 5.69 Å². The molecule has 0 aliphatic carbocycles. The number of ether oxygens (including phenoxy) is 2. The highest BCUT2D eigenvalue weighted by molar-refractivity contribution is 5.94. The second-order valence-corrected chi connectivity index (χ2v) is 4.25. The van der Waals surface area contributed by atoms with Gasteiger partial charge in [0.2, 0.25) is 5.76 Å². The molecule has 0 spiro atoms. The van der Waals surface area contributed by atoms with Gasteiger partial charge in [-0.1, -0.05) is 0 Å². The minimum Gasteiger partial charge on any atom is -0.497 e. The van der Waals surface area contributed by atoms with E-state index in [1.165, 1.54) is 7.11 Å². The number of nitrogens with zero attached hydrogens (tertiary/aromatic N) is 1. The van der Waals surface area contributed by atoms with Crippen LogP contribution in [0.5, 0.6) is 5.75 Å². The molecule has 0 fully saturated rings. The van der Waals surface area contributed by atoms with E-state index in [1.54, 1.807) is 24.3 Å². The quantitative estimate of drug-likeness (QED) is 0.490. The number of rotatable bonds is 6. The molecule has 9 heteroatoms. The zero-order valence-electron chi connectivity index (χ0n) is 12.0. The van der Waals surface area contributed by atoms with Gasteiger partial charge in [-0.25, -0.2) is 4.79 Å². The average Bonchev–Trinajstić information content (AvgIpc) is 3.03. The minimum absolute atomic E-state index is 0.353. The average molecular weight is 320 g/mol. The summed E-state index contributed by atoms with van der Waals surface area (Å²) < 4.78 is 14.4. The third kappa shape index (κ3) is 4.30. The van der Waals surface area contributed by atoms with Crippen molar-refractivity contribution < 1.29 is 28.4 Å². The highest BCUT2D eigenvalue weighted by atomic mass is 16.7. The normalized spacial score (nSPS) is 9.96. The number of hydrogen-bond donors (Lipinski definition) is 1. The Balaban J connectivity index is 1.85. The van der Waals surface area contributed by atoms with Gasteiger partial charge in [-0.15, -0.1) is 0 Å². The molecule has 1 heterocycles. The lowest BCUT2D eigenvalue weighted by Crippen LogP contribution is -2.20. The standard InChI is InChI=1S/C14H12N2O7/c1-21-10-4-2-9(3-5-10)15-12(17)8-22-14(18)11-6-7-13(23-11)16(19)20/h2-7H,8H2,1H3,(H,15,17). The SMILES string of the molecule is COc1ccc(NC(=O)COC(=O)c2ccc([N+](=O)[O-])o2)cc1. The van der Waals surface area contributed by atoms with E-state index in [1.807, 2.05) is 0 Å². The van der Waals surface area contributed by atoms with E-state index in [4.69, 9.17) is 9.47 Å². The van der Waals surface area contributed by atoms with Crippen LogP contribution in [0.15, 0.2) is 40.8 Å². The Bertz CT molecular complexity index is 721. The number of nitro groups is 1. The fourth-order valence-corrected chi connectivity index (χ4v) is 1.61. The number of methoxy groups -OCH3 is 1. The Morgan fingerprint density at radius 1 is 1.22 bits per heavy atom. The number of hydrogen-bond acceptors (Lipinski definition) is 7. The second-order valence-electron chi connectivity index (χ2n) is 4.25. The summed E-state index contributed by atoms with van der Waals surface area (Å²) >= 11 is 0.